The minimum absolute atomic E-state index is 0.0765. The van der Waals surface area contributed by atoms with Gasteiger partial charge in [-0.1, -0.05) is 6.07 Å². The van der Waals surface area contributed by atoms with Crippen molar-refractivity contribution >= 4 is 11.1 Å². The van der Waals surface area contributed by atoms with E-state index in [4.69, 9.17) is 10.2 Å². The van der Waals surface area contributed by atoms with Gasteiger partial charge in [0.25, 0.3) is 0 Å². The van der Waals surface area contributed by atoms with Crippen molar-refractivity contribution in [1.82, 2.24) is 10.3 Å². The summed E-state index contributed by atoms with van der Waals surface area (Å²) in [7, 11) is 0. The third kappa shape index (κ3) is 2.13. The second-order valence-electron chi connectivity index (χ2n) is 5.09. The molecule has 1 fully saturated rings. The predicted molar refractivity (Wildman–Crippen MR) is 71.3 cm³/mol. The van der Waals surface area contributed by atoms with Crippen molar-refractivity contribution in [2.75, 3.05) is 13.1 Å². The summed E-state index contributed by atoms with van der Waals surface area (Å²) in [6, 6.07) is 6.18. The molecule has 0 aliphatic carbocycles. The number of fused-ring (bicyclic) bond motifs is 1. The van der Waals surface area contributed by atoms with Crippen LogP contribution in [0.1, 0.15) is 30.3 Å². The quantitative estimate of drug-likeness (QED) is 0.850. The molecule has 0 bridgehead atoms. The number of rotatable bonds is 2. The highest BCUT2D eigenvalue weighted by molar-refractivity contribution is 5.73. The van der Waals surface area contributed by atoms with Crippen molar-refractivity contribution in [2.45, 2.75) is 25.8 Å². The maximum atomic E-state index is 6.37. The van der Waals surface area contributed by atoms with Gasteiger partial charge in [-0.3, -0.25) is 0 Å². The molecule has 1 aliphatic rings. The van der Waals surface area contributed by atoms with E-state index in [1.165, 1.54) is 12.8 Å². The van der Waals surface area contributed by atoms with Gasteiger partial charge in [0, 0.05) is 13.0 Å². The zero-order valence-electron chi connectivity index (χ0n) is 10.6. The van der Waals surface area contributed by atoms with Crippen LogP contribution in [-0.4, -0.2) is 18.1 Å². The summed E-state index contributed by atoms with van der Waals surface area (Å²) in [6.45, 7) is 3.99. The number of nitrogens with one attached hydrogen (secondary N) is 1. The molecule has 4 nitrogen and oxygen atoms in total. The first-order chi connectivity index (χ1) is 8.74. The van der Waals surface area contributed by atoms with Crippen LogP contribution in [0.2, 0.25) is 0 Å². The van der Waals surface area contributed by atoms with Gasteiger partial charge in [-0.25, -0.2) is 4.98 Å². The molecule has 1 aromatic carbocycles. The molecule has 0 saturated carbocycles. The average Bonchev–Trinajstić information content (AvgIpc) is 2.78. The van der Waals surface area contributed by atoms with Gasteiger partial charge in [0.2, 0.25) is 0 Å². The largest absolute Gasteiger partial charge is 0.441 e. The van der Waals surface area contributed by atoms with E-state index in [2.05, 4.69) is 16.4 Å². The van der Waals surface area contributed by atoms with E-state index in [1.807, 2.05) is 19.1 Å². The van der Waals surface area contributed by atoms with Crippen molar-refractivity contribution in [1.29, 1.82) is 0 Å². The third-order valence-corrected chi connectivity index (χ3v) is 3.75. The van der Waals surface area contributed by atoms with Gasteiger partial charge in [0.05, 0.1) is 0 Å². The second-order valence-corrected chi connectivity index (χ2v) is 5.09. The Balaban J connectivity index is 1.88. The van der Waals surface area contributed by atoms with Crippen molar-refractivity contribution in [3.63, 3.8) is 0 Å². The molecule has 3 N–H and O–H groups in total. The zero-order valence-corrected chi connectivity index (χ0v) is 10.6. The molecule has 4 heteroatoms. The summed E-state index contributed by atoms with van der Waals surface area (Å²) < 4.78 is 5.56. The number of hydrogen-bond donors (Lipinski definition) is 2. The van der Waals surface area contributed by atoms with E-state index in [-0.39, 0.29) is 6.04 Å². The van der Waals surface area contributed by atoms with Gasteiger partial charge in [-0.2, -0.15) is 0 Å². The van der Waals surface area contributed by atoms with Gasteiger partial charge >= 0.3 is 0 Å². The lowest BCUT2D eigenvalue weighted by atomic mass is 9.88. The maximum Gasteiger partial charge on any atom is 0.192 e. The second kappa shape index (κ2) is 4.71. The molecule has 0 spiro atoms. The SMILES string of the molecule is Cc1nc2ccc(C(N)C3CCCNC3)cc2o1. The summed E-state index contributed by atoms with van der Waals surface area (Å²) in [4.78, 5) is 4.31. The van der Waals surface area contributed by atoms with Gasteiger partial charge in [0.15, 0.2) is 11.5 Å². The lowest BCUT2D eigenvalue weighted by Crippen LogP contribution is -2.36. The molecule has 96 valence electrons. The number of hydrogen-bond acceptors (Lipinski definition) is 4. The molecule has 2 atom stereocenters. The highest BCUT2D eigenvalue weighted by Crippen LogP contribution is 2.27. The highest BCUT2D eigenvalue weighted by Gasteiger charge is 2.22. The smallest absolute Gasteiger partial charge is 0.192 e. The molecule has 2 unspecified atom stereocenters. The van der Waals surface area contributed by atoms with Crippen LogP contribution in [0, 0.1) is 12.8 Å². The van der Waals surface area contributed by atoms with Gasteiger partial charge < -0.3 is 15.5 Å². The monoisotopic (exact) mass is 245 g/mol. The Bertz CT molecular complexity index is 543. The first-order valence-electron chi connectivity index (χ1n) is 6.57. The van der Waals surface area contributed by atoms with E-state index in [0.717, 1.165) is 29.8 Å². The first-order valence-corrected chi connectivity index (χ1v) is 6.57. The van der Waals surface area contributed by atoms with Crippen molar-refractivity contribution in [3.05, 3.63) is 29.7 Å². The standard InChI is InChI=1S/C14H19N3O/c1-9-17-12-5-4-10(7-13(12)18-9)14(15)11-3-2-6-16-8-11/h4-5,7,11,14,16H,2-3,6,8,15H2,1H3. The summed E-state index contributed by atoms with van der Waals surface area (Å²) >= 11 is 0. The Hall–Kier alpha value is -1.39. The number of nitrogens with two attached hydrogens (primary N) is 1. The van der Waals surface area contributed by atoms with Crippen molar-refractivity contribution in [3.8, 4) is 0 Å². The van der Waals surface area contributed by atoms with Crippen molar-refractivity contribution in [2.24, 2.45) is 11.7 Å². The van der Waals surface area contributed by atoms with Gasteiger partial charge in [-0.05, 0) is 49.5 Å². The van der Waals surface area contributed by atoms with Crippen molar-refractivity contribution < 1.29 is 4.42 Å². The fourth-order valence-corrected chi connectivity index (χ4v) is 2.72. The Morgan fingerprint density at radius 1 is 1.50 bits per heavy atom. The minimum atomic E-state index is 0.0765. The Morgan fingerprint density at radius 2 is 2.39 bits per heavy atom. The Kier molecular flexibility index (Phi) is 3.06. The molecular formula is C14H19N3O. The summed E-state index contributed by atoms with van der Waals surface area (Å²) in [5, 5.41) is 3.41. The molecule has 1 aromatic heterocycles. The third-order valence-electron chi connectivity index (χ3n) is 3.75. The van der Waals surface area contributed by atoms with Crippen LogP contribution in [0.4, 0.5) is 0 Å². The van der Waals surface area contributed by atoms with Gasteiger partial charge in [-0.15, -0.1) is 0 Å². The summed E-state index contributed by atoms with van der Waals surface area (Å²) in [6.07, 6.45) is 2.41. The fourth-order valence-electron chi connectivity index (χ4n) is 2.72. The van der Waals surface area contributed by atoms with Crippen LogP contribution < -0.4 is 11.1 Å². The predicted octanol–water partition coefficient (Wildman–Crippen LogP) is 2.14. The maximum absolute atomic E-state index is 6.37. The van der Waals surface area contributed by atoms with Crippen LogP contribution in [-0.2, 0) is 0 Å². The number of aryl methyl sites for hydroxylation is 1. The molecule has 1 aliphatic heterocycles. The number of nitrogens with zero attached hydrogens (tertiary/aromatic N) is 1. The molecule has 2 heterocycles. The molecular weight excluding hydrogens is 226 g/mol. The van der Waals surface area contributed by atoms with Gasteiger partial charge in [0.1, 0.15) is 5.52 Å². The zero-order chi connectivity index (χ0) is 12.5. The fraction of sp³-hybridized carbons (Fsp3) is 0.500. The van der Waals surface area contributed by atoms with E-state index >= 15 is 0 Å². The first kappa shape index (κ1) is 11.7. The van der Waals surface area contributed by atoms with Crippen LogP contribution >= 0.6 is 0 Å². The Labute approximate surface area is 107 Å². The molecule has 3 rings (SSSR count). The molecule has 0 radical (unpaired) electrons. The van der Waals surface area contributed by atoms with E-state index in [0.29, 0.717) is 11.8 Å². The number of benzene rings is 1. The lowest BCUT2D eigenvalue weighted by Gasteiger charge is -2.28. The average molecular weight is 245 g/mol. The summed E-state index contributed by atoms with van der Waals surface area (Å²) in [5.74, 6) is 1.22. The normalized spacial score (nSPS) is 22.2. The van der Waals surface area contributed by atoms with E-state index in [9.17, 15) is 0 Å². The van der Waals surface area contributed by atoms with Crippen LogP contribution in [0.3, 0.4) is 0 Å². The van der Waals surface area contributed by atoms with Crippen LogP contribution in [0.25, 0.3) is 11.1 Å². The van der Waals surface area contributed by atoms with Crippen LogP contribution in [0.15, 0.2) is 22.6 Å². The topological polar surface area (TPSA) is 64.1 Å². The molecule has 2 aromatic rings. The summed E-state index contributed by atoms with van der Waals surface area (Å²) in [5.41, 5.74) is 9.26. The van der Waals surface area contributed by atoms with E-state index in [1.54, 1.807) is 0 Å². The van der Waals surface area contributed by atoms with Crippen LogP contribution in [0.5, 0.6) is 0 Å². The minimum Gasteiger partial charge on any atom is -0.441 e. The molecule has 1 saturated heterocycles. The number of oxazole rings is 1. The number of aromatic nitrogens is 1. The Morgan fingerprint density at radius 3 is 3.17 bits per heavy atom. The highest BCUT2D eigenvalue weighted by atomic mass is 16.3. The lowest BCUT2D eigenvalue weighted by molar-refractivity contribution is 0.326. The number of piperidine rings is 1. The molecule has 0 amide bonds. The molecule has 18 heavy (non-hydrogen) atoms. The van der Waals surface area contributed by atoms with E-state index < -0.39 is 0 Å².